The molecule has 0 saturated carbocycles. The molecule has 0 spiro atoms. The van der Waals surface area contributed by atoms with Gasteiger partial charge in [-0.25, -0.2) is 4.39 Å². The molecule has 1 unspecified atom stereocenters. The number of carbonyl (C=O) groups is 1. The normalized spacial score (nSPS) is 18.9. The monoisotopic (exact) mass is 461 g/mol. The topological polar surface area (TPSA) is 20.3 Å². The van der Waals surface area contributed by atoms with Gasteiger partial charge in [-0.05, 0) is 18.6 Å². The zero-order chi connectivity index (χ0) is 23.8. The molecule has 1 aromatic rings. The van der Waals surface area contributed by atoms with E-state index < -0.39 is 0 Å². The zero-order valence-electron chi connectivity index (χ0n) is 21.6. The molecule has 1 amide bonds. The first kappa shape index (κ1) is 27.8. The van der Waals surface area contributed by atoms with Crippen LogP contribution in [0.4, 0.5) is 4.39 Å². The van der Waals surface area contributed by atoms with E-state index in [4.69, 9.17) is 0 Å². The average molecular weight is 462 g/mol. The number of rotatable bonds is 16. The molecule has 0 aromatic heterocycles. The molecule has 1 atom stereocenters. The molecule has 0 N–H and O–H groups in total. The summed E-state index contributed by atoms with van der Waals surface area (Å²) in [6, 6.07) is 6.87. The molecule has 1 aromatic carbocycles. The van der Waals surface area contributed by atoms with E-state index in [-0.39, 0.29) is 5.82 Å². The summed E-state index contributed by atoms with van der Waals surface area (Å²) in [5.41, 5.74) is 1.17. The minimum Gasteiger partial charge on any atom is -0.337 e. The Balaban J connectivity index is 1.51. The molecule has 1 fully saturated rings. The second-order valence-electron chi connectivity index (χ2n) is 10.6. The van der Waals surface area contributed by atoms with Crippen molar-refractivity contribution in [1.82, 2.24) is 4.90 Å². The van der Waals surface area contributed by atoms with E-state index >= 15 is 0 Å². The molecule has 1 aliphatic rings. The third kappa shape index (κ3) is 12.0. The van der Waals surface area contributed by atoms with Gasteiger partial charge in [0.25, 0.3) is 0 Å². The number of amides is 1. The van der Waals surface area contributed by atoms with Crippen molar-refractivity contribution in [3.63, 3.8) is 0 Å². The standard InChI is InChI=1S/C29H50FN2O/c1-3-4-5-6-7-8-9-10-11-12-13-14-15-17-29(33)31-22-16-24-32(2,25-23-31)26-27-18-20-28(30)21-19-27/h18-21H,3-17,22-26H2,1-2H3/q+1. The first-order chi connectivity index (χ1) is 16.0. The number of hydrogen-bond donors (Lipinski definition) is 0. The van der Waals surface area contributed by atoms with E-state index in [9.17, 15) is 9.18 Å². The van der Waals surface area contributed by atoms with Crippen molar-refractivity contribution in [2.45, 2.75) is 110 Å². The molecule has 2 rings (SSSR count). The molecule has 1 saturated heterocycles. The van der Waals surface area contributed by atoms with Crippen LogP contribution in [-0.4, -0.2) is 48.5 Å². The largest absolute Gasteiger partial charge is 0.337 e. The van der Waals surface area contributed by atoms with Crippen molar-refractivity contribution < 1.29 is 13.7 Å². The lowest BCUT2D eigenvalue weighted by atomic mass is 10.0. The fourth-order valence-electron chi connectivity index (χ4n) is 5.12. The SMILES string of the molecule is CCCCCCCCCCCCCCCC(=O)N1CCC[N+](C)(Cc2ccc(F)cc2)CC1. The Bertz CT molecular complexity index is 648. The van der Waals surface area contributed by atoms with E-state index in [1.54, 1.807) is 12.1 Å². The summed E-state index contributed by atoms with van der Waals surface area (Å²) >= 11 is 0. The Morgan fingerprint density at radius 1 is 0.818 bits per heavy atom. The molecule has 1 heterocycles. The highest BCUT2D eigenvalue weighted by Gasteiger charge is 2.28. The van der Waals surface area contributed by atoms with E-state index in [2.05, 4.69) is 18.9 Å². The fourth-order valence-corrected chi connectivity index (χ4v) is 5.12. The fraction of sp³-hybridized carbons (Fsp3) is 0.759. The number of nitrogens with zero attached hydrogens (tertiary/aromatic N) is 2. The smallest absolute Gasteiger partial charge is 0.222 e. The molecular formula is C29H50FN2O+. The van der Waals surface area contributed by atoms with Crippen molar-refractivity contribution in [2.24, 2.45) is 0 Å². The Morgan fingerprint density at radius 3 is 1.94 bits per heavy atom. The van der Waals surface area contributed by atoms with Crippen LogP contribution in [0.5, 0.6) is 0 Å². The summed E-state index contributed by atoms with van der Waals surface area (Å²) in [5.74, 6) is 0.163. The molecular weight excluding hydrogens is 411 g/mol. The summed E-state index contributed by atoms with van der Waals surface area (Å²) in [7, 11) is 2.27. The molecule has 0 aliphatic carbocycles. The van der Waals surface area contributed by atoms with E-state index in [0.29, 0.717) is 12.3 Å². The molecule has 0 bridgehead atoms. The average Bonchev–Trinajstić information content (AvgIpc) is 3.00. The lowest BCUT2D eigenvalue weighted by Gasteiger charge is -2.33. The van der Waals surface area contributed by atoms with Gasteiger partial charge in [-0.2, -0.15) is 0 Å². The quantitative estimate of drug-likeness (QED) is 0.184. The molecule has 0 radical (unpaired) electrons. The van der Waals surface area contributed by atoms with Crippen LogP contribution in [-0.2, 0) is 11.3 Å². The minimum atomic E-state index is -0.179. The van der Waals surface area contributed by atoms with Crippen LogP contribution >= 0.6 is 0 Å². The maximum absolute atomic E-state index is 13.2. The number of benzene rings is 1. The van der Waals surface area contributed by atoms with Crippen molar-refractivity contribution in [3.8, 4) is 0 Å². The van der Waals surface area contributed by atoms with Crippen LogP contribution in [0.1, 0.15) is 109 Å². The van der Waals surface area contributed by atoms with Crippen molar-refractivity contribution >= 4 is 5.91 Å². The van der Waals surface area contributed by atoms with Gasteiger partial charge < -0.3 is 9.38 Å². The van der Waals surface area contributed by atoms with Crippen LogP contribution in [0.3, 0.4) is 0 Å². The van der Waals surface area contributed by atoms with Gasteiger partial charge in [0.05, 0.1) is 26.7 Å². The minimum absolute atomic E-state index is 0.179. The number of unbranched alkanes of at least 4 members (excludes halogenated alkanes) is 12. The number of halogens is 1. The summed E-state index contributed by atoms with van der Waals surface area (Å²) < 4.78 is 14.1. The van der Waals surface area contributed by atoms with Gasteiger partial charge in [-0.3, -0.25) is 4.79 Å². The van der Waals surface area contributed by atoms with Crippen LogP contribution in [0, 0.1) is 5.82 Å². The Morgan fingerprint density at radius 2 is 1.36 bits per heavy atom. The Hall–Kier alpha value is -1.42. The predicted octanol–water partition coefficient (Wildman–Crippen LogP) is 7.49. The second kappa shape index (κ2) is 16.2. The van der Waals surface area contributed by atoms with Gasteiger partial charge >= 0.3 is 0 Å². The number of hydrogen-bond acceptors (Lipinski definition) is 1. The first-order valence-corrected chi connectivity index (χ1v) is 13.9. The number of quaternary nitrogens is 1. The summed E-state index contributed by atoms with van der Waals surface area (Å²) in [5, 5.41) is 0. The van der Waals surface area contributed by atoms with Gasteiger partial charge in [-0.15, -0.1) is 0 Å². The van der Waals surface area contributed by atoms with Crippen molar-refractivity contribution in [3.05, 3.63) is 35.6 Å². The van der Waals surface area contributed by atoms with Gasteiger partial charge in [0.2, 0.25) is 5.91 Å². The third-order valence-electron chi connectivity index (χ3n) is 7.36. The van der Waals surface area contributed by atoms with Crippen LogP contribution in [0.15, 0.2) is 24.3 Å². The zero-order valence-corrected chi connectivity index (χ0v) is 21.6. The maximum atomic E-state index is 13.2. The molecule has 3 nitrogen and oxygen atoms in total. The van der Waals surface area contributed by atoms with Crippen LogP contribution < -0.4 is 0 Å². The van der Waals surface area contributed by atoms with Crippen LogP contribution in [0.2, 0.25) is 0 Å². The maximum Gasteiger partial charge on any atom is 0.222 e. The van der Waals surface area contributed by atoms with E-state index in [1.165, 1.54) is 82.6 Å². The highest BCUT2D eigenvalue weighted by atomic mass is 19.1. The molecule has 188 valence electrons. The van der Waals surface area contributed by atoms with Crippen molar-refractivity contribution in [1.29, 1.82) is 0 Å². The number of likely N-dealkylation sites (N-methyl/N-ethyl adjacent to an activating group) is 1. The summed E-state index contributed by atoms with van der Waals surface area (Å²) in [4.78, 5) is 14.8. The second-order valence-corrected chi connectivity index (χ2v) is 10.6. The Labute approximate surface area is 203 Å². The van der Waals surface area contributed by atoms with Crippen molar-refractivity contribution in [2.75, 3.05) is 33.2 Å². The molecule has 33 heavy (non-hydrogen) atoms. The van der Waals surface area contributed by atoms with Crippen LogP contribution in [0.25, 0.3) is 0 Å². The molecule has 1 aliphatic heterocycles. The highest BCUT2D eigenvalue weighted by Crippen LogP contribution is 2.18. The lowest BCUT2D eigenvalue weighted by Crippen LogP contribution is -2.46. The molecule has 4 heteroatoms. The van der Waals surface area contributed by atoms with Gasteiger partial charge in [0.15, 0.2) is 0 Å². The Kier molecular flexibility index (Phi) is 13.7. The van der Waals surface area contributed by atoms with Gasteiger partial charge in [0.1, 0.15) is 12.4 Å². The van der Waals surface area contributed by atoms with E-state index in [0.717, 1.165) is 50.0 Å². The van der Waals surface area contributed by atoms with Gasteiger partial charge in [-0.1, -0.05) is 96.1 Å². The third-order valence-corrected chi connectivity index (χ3v) is 7.36. The summed E-state index contributed by atoms with van der Waals surface area (Å²) in [6.07, 6.45) is 19.1. The first-order valence-electron chi connectivity index (χ1n) is 13.9. The predicted molar refractivity (Wildman–Crippen MR) is 138 cm³/mol. The lowest BCUT2D eigenvalue weighted by molar-refractivity contribution is -0.920. The number of carbonyl (C=O) groups excluding carboxylic acids is 1. The highest BCUT2D eigenvalue weighted by molar-refractivity contribution is 5.76. The van der Waals surface area contributed by atoms with E-state index in [1.807, 2.05) is 12.1 Å². The summed E-state index contributed by atoms with van der Waals surface area (Å²) in [6.45, 7) is 6.95. The van der Waals surface area contributed by atoms with Gasteiger partial charge in [0, 0.05) is 24.9 Å².